The highest BCUT2D eigenvalue weighted by Gasteiger charge is 2.80. The highest BCUT2D eigenvalue weighted by atomic mass is 16.6. The van der Waals surface area contributed by atoms with Crippen LogP contribution >= 0.6 is 0 Å². The van der Waals surface area contributed by atoms with Crippen molar-refractivity contribution in [2.75, 3.05) is 33.4 Å². The minimum Gasteiger partial charge on any atom is -0.504 e. The zero-order valence-corrected chi connectivity index (χ0v) is 22.3. The molecule has 4 N–H and O–H groups in total. The molecule has 2 heterocycles. The summed E-state index contributed by atoms with van der Waals surface area (Å²) in [6.07, 6.45) is 7.14. The van der Waals surface area contributed by atoms with E-state index in [2.05, 4.69) is 21.6 Å². The molecule has 4 saturated carbocycles. The van der Waals surface area contributed by atoms with E-state index in [1.807, 2.05) is 0 Å². The second-order valence-electron chi connectivity index (χ2n) is 12.7. The van der Waals surface area contributed by atoms with Crippen LogP contribution < -0.4 is 15.4 Å². The van der Waals surface area contributed by atoms with Crippen LogP contribution in [0.5, 0.6) is 11.5 Å². The predicted molar refractivity (Wildman–Crippen MR) is 138 cm³/mol. The average molecular weight is 526 g/mol. The number of likely N-dealkylation sites (tertiary alicyclic amines) is 1. The maximum atomic E-state index is 12.9. The summed E-state index contributed by atoms with van der Waals surface area (Å²) in [4.78, 5) is 27.2. The molecular weight excluding hydrogens is 486 g/mol. The summed E-state index contributed by atoms with van der Waals surface area (Å²) in [7, 11) is 1.76. The van der Waals surface area contributed by atoms with Gasteiger partial charge in [0.15, 0.2) is 11.5 Å². The number of carbonyl (C=O) groups excluding carboxylic acids is 2. The number of rotatable bonds is 8. The van der Waals surface area contributed by atoms with Crippen LogP contribution in [0.4, 0.5) is 0 Å². The molecule has 206 valence electrons. The minimum atomic E-state index is -0.981. The van der Waals surface area contributed by atoms with Crippen LogP contribution in [-0.2, 0) is 26.2 Å². The molecule has 1 unspecified atom stereocenters. The van der Waals surface area contributed by atoms with Gasteiger partial charge in [-0.05, 0) is 69.0 Å². The molecule has 1 aromatic carbocycles. The van der Waals surface area contributed by atoms with Crippen molar-refractivity contribution >= 4 is 11.8 Å². The number of aliphatic hydroxyl groups excluding tert-OH is 1. The summed E-state index contributed by atoms with van der Waals surface area (Å²) in [5, 5.41) is 26.2. The van der Waals surface area contributed by atoms with Gasteiger partial charge >= 0.3 is 0 Å². The molecule has 2 spiro atoms. The van der Waals surface area contributed by atoms with E-state index in [1.54, 1.807) is 13.2 Å². The number of aromatic hydroxyl groups is 1. The minimum absolute atomic E-state index is 0.00127. The molecule has 9 heteroatoms. The van der Waals surface area contributed by atoms with Crippen molar-refractivity contribution in [3.8, 4) is 11.5 Å². The van der Waals surface area contributed by atoms with Gasteiger partial charge in [-0.1, -0.05) is 6.07 Å². The molecule has 4 bridgehead atoms. The summed E-state index contributed by atoms with van der Waals surface area (Å²) in [6, 6.07) is 3.31. The SMILES string of the molecule is CO[C@]12CC[C@@]3(C[C@@H]1CNC(=O)C(CO)NC(C)=O)[C@H]1Cc4ccc(O)c5c4[C@@]3(CCN1CC1CC1)[C@H]2O5. The van der Waals surface area contributed by atoms with Gasteiger partial charge in [-0.25, -0.2) is 0 Å². The number of methoxy groups -OCH3 is 1. The number of phenolic OH excluding ortho intramolecular Hbond substituents is 1. The van der Waals surface area contributed by atoms with E-state index < -0.39 is 24.2 Å². The highest BCUT2D eigenvalue weighted by molar-refractivity contribution is 5.86. The van der Waals surface area contributed by atoms with Crippen LogP contribution in [0.3, 0.4) is 0 Å². The van der Waals surface area contributed by atoms with Gasteiger partial charge in [-0.2, -0.15) is 0 Å². The Kier molecular flexibility index (Phi) is 5.40. The second-order valence-corrected chi connectivity index (χ2v) is 12.7. The molecule has 9 nitrogen and oxygen atoms in total. The number of ether oxygens (including phenoxy) is 2. The van der Waals surface area contributed by atoms with Gasteiger partial charge in [0.05, 0.1) is 6.61 Å². The van der Waals surface area contributed by atoms with Gasteiger partial charge in [0, 0.05) is 55.5 Å². The van der Waals surface area contributed by atoms with Crippen LogP contribution in [0, 0.1) is 17.3 Å². The van der Waals surface area contributed by atoms with Crippen molar-refractivity contribution in [2.45, 2.75) is 81.1 Å². The number of carbonyl (C=O) groups is 2. The number of fused-ring (bicyclic) bond motifs is 2. The number of piperidine rings is 1. The lowest BCUT2D eigenvalue weighted by atomic mass is 9.35. The highest BCUT2D eigenvalue weighted by Crippen LogP contribution is 2.76. The van der Waals surface area contributed by atoms with Gasteiger partial charge in [-0.3, -0.25) is 14.5 Å². The Labute approximate surface area is 223 Å². The van der Waals surface area contributed by atoms with Crippen molar-refractivity contribution in [2.24, 2.45) is 17.3 Å². The smallest absolute Gasteiger partial charge is 0.244 e. The number of nitrogens with zero attached hydrogens (tertiary/aromatic N) is 1. The molecule has 5 aliphatic carbocycles. The topological polar surface area (TPSA) is 120 Å². The van der Waals surface area contributed by atoms with Gasteiger partial charge in [0.2, 0.25) is 11.8 Å². The third kappa shape index (κ3) is 3.04. The average Bonchev–Trinajstić information content (AvgIpc) is 3.65. The van der Waals surface area contributed by atoms with Crippen molar-refractivity contribution in [1.29, 1.82) is 0 Å². The van der Waals surface area contributed by atoms with Crippen LogP contribution in [-0.4, -0.2) is 84.1 Å². The van der Waals surface area contributed by atoms with Crippen LogP contribution in [0.15, 0.2) is 12.1 Å². The van der Waals surface area contributed by atoms with Crippen LogP contribution in [0.1, 0.15) is 56.6 Å². The lowest BCUT2D eigenvalue weighted by Gasteiger charge is -2.74. The van der Waals surface area contributed by atoms with E-state index in [9.17, 15) is 19.8 Å². The molecular formula is C29H39N3O6. The Morgan fingerprint density at radius 3 is 2.79 bits per heavy atom. The first-order valence-electron chi connectivity index (χ1n) is 14.3. The lowest BCUT2D eigenvalue weighted by molar-refractivity contribution is -0.276. The zero-order chi connectivity index (χ0) is 26.4. The Hall–Kier alpha value is -2.36. The first-order chi connectivity index (χ1) is 18.3. The van der Waals surface area contributed by atoms with Gasteiger partial charge < -0.3 is 30.3 Å². The first-order valence-corrected chi connectivity index (χ1v) is 14.3. The molecule has 7 atom stereocenters. The fourth-order valence-electron chi connectivity index (χ4n) is 9.58. The van der Waals surface area contributed by atoms with Crippen molar-refractivity contribution < 1.29 is 29.3 Å². The Bertz CT molecular complexity index is 1190. The Morgan fingerprint density at radius 2 is 2.08 bits per heavy atom. The van der Waals surface area contributed by atoms with Gasteiger partial charge in [0.25, 0.3) is 0 Å². The summed E-state index contributed by atoms with van der Waals surface area (Å²) >= 11 is 0. The maximum absolute atomic E-state index is 12.9. The van der Waals surface area contributed by atoms with Gasteiger partial charge in [0.1, 0.15) is 17.7 Å². The Morgan fingerprint density at radius 1 is 1.26 bits per heavy atom. The normalized spacial score (nSPS) is 38.8. The summed E-state index contributed by atoms with van der Waals surface area (Å²) in [5.41, 5.74) is 1.68. The quantitative estimate of drug-likeness (QED) is 0.403. The number of amides is 2. The monoisotopic (exact) mass is 525 g/mol. The number of hydrogen-bond donors (Lipinski definition) is 4. The number of phenols is 1. The van der Waals surface area contributed by atoms with E-state index in [0.717, 1.165) is 51.1 Å². The molecule has 2 amide bonds. The lowest BCUT2D eigenvalue weighted by Crippen LogP contribution is -2.81. The number of nitrogens with one attached hydrogen (secondary N) is 2. The van der Waals surface area contributed by atoms with Gasteiger partial charge in [-0.15, -0.1) is 0 Å². The van der Waals surface area contributed by atoms with E-state index in [-0.39, 0.29) is 34.5 Å². The molecule has 38 heavy (non-hydrogen) atoms. The largest absolute Gasteiger partial charge is 0.504 e. The standard InChI is InChI=1S/C29H39N3O6/c1-16(34)31-20(15-33)25(36)30-13-19-12-27-7-8-29(19,37-2)26-28(27)9-10-32(14-17-3-4-17)22(27)11-18-5-6-21(35)24(38-26)23(18)28/h5-6,17,19-20,22,26,33,35H,3-4,7-15H2,1-2H3,(H,30,36)(H,31,34)/t19-,20?,22-,26-,27-,28+,29-/m1/s1. The molecule has 1 aromatic rings. The maximum Gasteiger partial charge on any atom is 0.244 e. The predicted octanol–water partition coefficient (Wildman–Crippen LogP) is 1.23. The second kappa shape index (κ2) is 8.32. The fraction of sp³-hybridized carbons (Fsp3) is 0.724. The molecule has 7 aliphatic rings. The third-order valence-electron chi connectivity index (χ3n) is 11.2. The number of benzene rings is 1. The van der Waals surface area contributed by atoms with E-state index in [1.165, 1.54) is 30.9 Å². The number of aliphatic hydroxyl groups is 1. The molecule has 2 aliphatic heterocycles. The molecule has 1 saturated heterocycles. The van der Waals surface area contributed by atoms with Crippen LogP contribution in [0.2, 0.25) is 0 Å². The molecule has 0 radical (unpaired) electrons. The number of hydrogen-bond acceptors (Lipinski definition) is 7. The summed E-state index contributed by atoms with van der Waals surface area (Å²) in [6.45, 7) is 3.45. The van der Waals surface area contributed by atoms with Crippen LogP contribution in [0.25, 0.3) is 0 Å². The third-order valence-corrected chi connectivity index (χ3v) is 11.2. The Balaban J connectivity index is 1.28. The fourth-order valence-corrected chi connectivity index (χ4v) is 9.58. The van der Waals surface area contributed by atoms with Crippen molar-refractivity contribution in [3.63, 3.8) is 0 Å². The van der Waals surface area contributed by atoms with E-state index >= 15 is 0 Å². The summed E-state index contributed by atoms with van der Waals surface area (Å²) < 4.78 is 13.3. The zero-order valence-electron chi connectivity index (χ0n) is 22.3. The van der Waals surface area contributed by atoms with E-state index in [0.29, 0.717) is 18.3 Å². The molecule has 5 fully saturated rings. The first kappa shape index (κ1) is 24.7. The molecule has 8 rings (SSSR count). The summed E-state index contributed by atoms with van der Waals surface area (Å²) in [5.74, 6) is 0.905. The van der Waals surface area contributed by atoms with E-state index in [4.69, 9.17) is 9.47 Å². The van der Waals surface area contributed by atoms with Crippen molar-refractivity contribution in [1.82, 2.24) is 15.5 Å². The van der Waals surface area contributed by atoms with Crippen molar-refractivity contribution in [3.05, 3.63) is 23.3 Å². The molecule has 0 aromatic heterocycles.